The van der Waals surface area contributed by atoms with E-state index in [1.165, 1.54) is 6.26 Å². The van der Waals surface area contributed by atoms with E-state index in [9.17, 15) is 0 Å². The standard InChI is InChI=1S/C13H11N5O/c14-11-10(7-17-13(15)18-11)8-1-3-9(4-2-8)12-16-5-6-19-12/h1-7H,(H4,14,15,17,18). The van der Waals surface area contributed by atoms with Gasteiger partial charge in [-0.1, -0.05) is 12.1 Å². The molecule has 94 valence electrons. The van der Waals surface area contributed by atoms with Crippen LogP contribution >= 0.6 is 0 Å². The van der Waals surface area contributed by atoms with Gasteiger partial charge in [0.1, 0.15) is 12.1 Å². The molecule has 0 saturated heterocycles. The summed E-state index contributed by atoms with van der Waals surface area (Å²) in [6.45, 7) is 0. The average molecular weight is 253 g/mol. The van der Waals surface area contributed by atoms with Crippen LogP contribution < -0.4 is 11.5 Å². The molecule has 0 aliphatic rings. The van der Waals surface area contributed by atoms with E-state index >= 15 is 0 Å². The van der Waals surface area contributed by atoms with Crippen molar-refractivity contribution < 1.29 is 4.42 Å². The van der Waals surface area contributed by atoms with Gasteiger partial charge in [-0.2, -0.15) is 4.98 Å². The Morgan fingerprint density at radius 2 is 1.68 bits per heavy atom. The first kappa shape index (κ1) is 11.2. The van der Waals surface area contributed by atoms with Crippen molar-refractivity contribution in [2.75, 3.05) is 11.5 Å². The van der Waals surface area contributed by atoms with E-state index in [4.69, 9.17) is 15.9 Å². The molecule has 0 unspecified atom stereocenters. The molecule has 4 N–H and O–H groups in total. The molecule has 0 fully saturated rings. The second kappa shape index (κ2) is 4.41. The Morgan fingerprint density at radius 1 is 0.947 bits per heavy atom. The first-order valence-corrected chi connectivity index (χ1v) is 5.62. The van der Waals surface area contributed by atoms with Crippen LogP contribution in [-0.4, -0.2) is 15.0 Å². The van der Waals surface area contributed by atoms with Gasteiger partial charge in [-0.15, -0.1) is 0 Å². The third-order valence-corrected chi connectivity index (χ3v) is 2.71. The van der Waals surface area contributed by atoms with Gasteiger partial charge < -0.3 is 15.9 Å². The Kier molecular flexibility index (Phi) is 2.60. The van der Waals surface area contributed by atoms with Gasteiger partial charge in [-0.25, -0.2) is 9.97 Å². The number of nitrogens with zero attached hydrogens (tertiary/aromatic N) is 3. The number of hydrogen-bond donors (Lipinski definition) is 2. The SMILES string of the molecule is Nc1ncc(-c2ccc(-c3ncco3)cc2)c(N)n1. The van der Waals surface area contributed by atoms with E-state index in [-0.39, 0.29) is 5.95 Å². The van der Waals surface area contributed by atoms with Gasteiger partial charge in [0.2, 0.25) is 11.8 Å². The number of nitrogen functional groups attached to an aromatic ring is 2. The fourth-order valence-electron chi connectivity index (χ4n) is 1.79. The Hall–Kier alpha value is -2.89. The molecule has 1 aromatic carbocycles. The van der Waals surface area contributed by atoms with E-state index in [2.05, 4.69) is 15.0 Å². The largest absolute Gasteiger partial charge is 0.445 e. The van der Waals surface area contributed by atoms with Crippen molar-refractivity contribution in [3.8, 4) is 22.6 Å². The number of aromatic nitrogens is 3. The van der Waals surface area contributed by atoms with Crippen LogP contribution in [0.25, 0.3) is 22.6 Å². The molecule has 0 spiro atoms. The fourth-order valence-corrected chi connectivity index (χ4v) is 1.79. The molecular weight excluding hydrogens is 242 g/mol. The lowest BCUT2D eigenvalue weighted by Gasteiger charge is -2.05. The van der Waals surface area contributed by atoms with Crippen LogP contribution in [0.1, 0.15) is 0 Å². The number of oxazole rings is 1. The highest BCUT2D eigenvalue weighted by atomic mass is 16.3. The minimum Gasteiger partial charge on any atom is -0.445 e. The lowest BCUT2D eigenvalue weighted by atomic mass is 10.1. The van der Waals surface area contributed by atoms with Crippen LogP contribution in [0.2, 0.25) is 0 Å². The predicted molar refractivity (Wildman–Crippen MR) is 71.8 cm³/mol. The summed E-state index contributed by atoms with van der Waals surface area (Å²) in [5.74, 6) is 1.10. The second-order valence-corrected chi connectivity index (χ2v) is 3.94. The summed E-state index contributed by atoms with van der Waals surface area (Å²) in [5, 5.41) is 0. The summed E-state index contributed by atoms with van der Waals surface area (Å²) in [6, 6.07) is 7.61. The lowest BCUT2D eigenvalue weighted by molar-refractivity contribution is 0.574. The van der Waals surface area contributed by atoms with Crippen molar-refractivity contribution >= 4 is 11.8 Å². The number of benzene rings is 1. The topological polar surface area (TPSA) is 104 Å². The highest BCUT2D eigenvalue weighted by Crippen LogP contribution is 2.26. The quantitative estimate of drug-likeness (QED) is 0.723. The molecule has 2 heterocycles. The lowest BCUT2D eigenvalue weighted by Crippen LogP contribution is -2.00. The molecule has 0 aliphatic carbocycles. The van der Waals surface area contributed by atoms with E-state index in [1.54, 1.807) is 12.4 Å². The summed E-state index contributed by atoms with van der Waals surface area (Å²) in [4.78, 5) is 12.0. The molecule has 0 bridgehead atoms. The van der Waals surface area contributed by atoms with Crippen molar-refractivity contribution in [2.45, 2.75) is 0 Å². The second-order valence-electron chi connectivity index (χ2n) is 3.94. The highest BCUT2D eigenvalue weighted by Gasteiger charge is 2.07. The fraction of sp³-hybridized carbons (Fsp3) is 0. The maximum absolute atomic E-state index is 5.82. The van der Waals surface area contributed by atoms with Gasteiger partial charge in [-0.05, 0) is 17.7 Å². The number of rotatable bonds is 2. The van der Waals surface area contributed by atoms with Crippen molar-refractivity contribution in [1.29, 1.82) is 0 Å². The first-order chi connectivity index (χ1) is 9.24. The third-order valence-electron chi connectivity index (χ3n) is 2.71. The Morgan fingerprint density at radius 3 is 2.32 bits per heavy atom. The number of hydrogen-bond acceptors (Lipinski definition) is 6. The molecule has 2 aromatic heterocycles. The van der Waals surface area contributed by atoms with Gasteiger partial charge in [0, 0.05) is 17.3 Å². The zero-order valence-electron chi connectivity index (χ0n) is 9.95. The van der Waals surface area contributed by atoms with Crippen LogP contribution in [0.5, 0.6) is 0 Å². The highest BCUT2D eigenvalue weighted by molar-refractivity contribution is 5.75. The van der Waals surface area contributed by atoms with Crippen molar-refractivity contribution in [1.82, 2.24) is 15.0 Å². The van der Waals surface area contributed by atoms with E-state index in [1.807, 2.05) is 24.3 Å². The summed E-state index contributed by atoms with van der Waals surface area (Å²) in [7, 11) is 0. The van der Waals surface area contributed by atoms with Gasteiger partial charge in [0.15, 0.2) is 0 Å². The van der Waals surface area contributed by atoms with Crippen molar-refractivity contribution in [2.24, 2.45) is 0 Å². The van der Waals surface area contributed by atoms with Gasteiger partial charge in [0.05, 0.1) is 6.20 Å². The van der Waals surface area contributed by atoms with Gasteiger partial charge >= 0.3 is 0 Å². The van der Waals surface area contributed by atoms with Gasteiger partial charge in [0.25, 0.3) is 0 Å². The van der Waals surface area contributed by atoms with Crippen LogP contribution in [0.15, 0.2) is 47.3 Å². The molecule has 0 atom stereocenters. The number of anilines is 2. The molecule has 0 amide bonds. The zero-order chi connectivity index (χ0) is 13.2. The van der Waals surface area contributed by atoms with Crippen LogP contribution in [0, 0.1) is 0 Å². The molecule has 3 rings (SSSR count). The van der Waals surface area contributed by atoms with Crippen molar-refractivity contribution in [3.05, 3.63) is 42.9 Å². The molecule has 19 heavy (non-hydrogen) atoms. The summed E-state index contributed by atoms with van der Waals surface area (Å²) < 4.78 is 5.23. The monoisotopic (exact) mass is 253 g/mol. The van der Waals surface area contributed by atoms with E-state index in [0.717, 1.165) is 16.7 Å². The van der Waals surface area contributed by atoms with Gasteiger partial charge in [-0.3, -0.25) is 0 Å². The normalized spacial score (nSPS) is 10.5. The third kappa shape index (κ3) is 2.11. The molecule has 3 aromatic rings. The Balaban J connectivity index is 1.98. The van der Waals surface area contributed by atoms with Crippen LogP contribution in [-0.2, 0) is 0 Å². The summed E-state index contributed by atoms with van der Waals surface area (Å²) >= 11 is 0. The zero-order valence-corrected chi connectivity index (χ0v) is 9.95. The Labute approximate surface area is 109 Å². The van der Waals surface area contributed by atoms with E-state index < -0.39 is 0 Å². The molecule has 0 radical (unpaired) electrons. The summed E-state index contributed by atoms with van der Waals surface area (Å²) in [6.07, 6.45) is 4.75. The summed E-state index contributed by atoms with van der Waals surface area (Å²) in [5.41, 5.74) is 13.8. The molecule has 6 nitrogen and oxygen atoms in total. The molecule has 0 saturated carbocycles. The average Bonchev–Trinajstić information content (AvgIpc) is 2.93. The van der Waals surface area contributed by atoms with Crippen LogP contribution in [0.4, 0.5) is 11.8 Å². The first-order valence-electron chi connectivity index (χ1n) is 5.62. The maximum atomic E-state index is 5.82. The maximum Gasteiger partial charge on any atom is 0.225 e. The molecule has 6 heteroatoms. The minimum absolute atomic E-state index is 0.164. The Bertz CT molecular complexity index is 692. The van der Waals surface area contributed by atoms with E-state index in [0.29, 0.717) is 11.7 Å². The predicted octanol–water partition coefficient (Wildman–Crippen LogP) is 1.96. The van der Waals surface area contributed by atoms with Crippen LogP contribution in [0.3, 0.4) is 0 Å². The van der Waals surface area contributed by atoms with Crippen molar-refractivity contribution in [3.63, 3.8) is 0 Å². The smallest absolute Gasteiger partial charge is 0.225 e. The molecular formula is C13H11N5O. The minimum atomic E-state index is 0.164. The number of nitrogens with two attached hydrogens (primary N) is 2. The molecule has 0 aliphatic heterocycles.